The fraction of sp³-hybridized carbons (Fsp3) is 0.312. The maximum Gasteiger partial charge on any atom is 0.357 e. The molecule has 0 aliphatic heterocycles. The van der Waals surface area contributed by atoms with Crippen molar-refractivity contribution in [1.29, 1.82) is 0 Å². The first-order valence-corrected chi connectivity index (χ1v) is 9.05. The molecule has 2 amide bonds. The van der Waals surface area contributed by atoms with Gasteiger partial charge >= 0.3 is 12.0 Å². The number of amides is 2. The maximum absolute atomic E-state index is 12.5. The van der Waals surface area contributed by atoms with Crippen LogP contribution in [0.2, 0.25) is 0 Å². The highest BCUT2D eigenvalue weighted by Gasteiger charge is 2.17. The molecule has 2 aromatic rings. The van der Waals surface area contributed by atoms with Gasteiger partial charge in [0.15, 0.2) is 5.69 Å². The van der Waals surface area contributed by atoms with E-state index in [1.165, 1.54) is 18.4 Å². The normalized spacial score (nSPS) is 10.3. The molecule has 128 valence electrons. The summed E-state index contributed by atoms with van der Waals surface area (Å²) in [6.45, 7) is 2.93. The Balaban J connectivity index is 2.06. The van der Waals surface area contributed by atoms with Crippen molar-refractivity contribution in [3.63, 3.8) is 0 Å². The number of methoxy groups -OCH3 is 1. The molecular weight excluding hydrogens is 394 g/mol. The molecule has 8 heteroatoms. The van der Waals surface area contributed by atoms with Gasteiger partial charge in [-0.05, 0) is 24.6 Å². The van der Waals surface area contributed by atoms with E-state index in [1.54, 1.807) is 10.3 Å². The van der Waals surface area contributed by atoms with E-state index in [2.05, 4.69) is 31.0 Å². The van der Waals surface area contributed by atoms with Crippen LogP contribution >= 0.6 is 27.3 Å². The second-order valence-electron chi connectivity index (χ2n) is 4.98. The third kappa shape index (κ3) is 5.04. The van der Waals surface area contributed by atoms with Crippen LogP contribution in [0.1, 0.15) is 28.8 Å². The summed E-state index contributed by atoms with van der Waals surface area (Å²) in [6.07, 6.45) is 0.821. The van der Waals surface area contributed by atoms with E-state index in [-0.39, 0.29) is 11.7 Å². The lowest BCUT2D eigenvalue weighted by atomic mass is 10.3. The van der Waals surface area contributed by atoms with Gasteiger partial charge in [0.25, 0.3) is 0 Å². The standard InChI is InChI=1S/C16H18BrN3O3S/c1-3-7-20(9-14-19-13(10-24-14)15(21)23-2)16(22)18-12-6-4-5-11(17)8-12/h4-6,8,10H,3,7,9H2,1-2H3,(H,18,22). The molecule has 0 bridgehead atoms. The first-order valence-electron chi connectivity index (χ1n) is 7.37. The molecule has 0 radical (unpaired) electrons. The summed E-state index contributed by atoms with van der Waals surface area (Å²) in [7, 11) is 1.32. The average molecular weight is 412 g/mol. The summed E-state index contributed by atoms with van der Waals surface area (Å²) in [5.74, 6) is -0.474. The van der Waals surface area contributed by atoms with Crippen LogP contribution in [0.15, 0.2) is 34.1 Å². The summed E-state index contributed by atoms with van der Waals surface area (Å²) in [4.78, 5) is 29.9. The molecule has 0 spiro atoms. The molecule has 0 atom stereocenters. The van der Waals surface area contributed by atoms with Crippen LogP contribution in [0, 0.1) is 0 Å². The molecule has 0 saturated heterocycles. The summed E-state index contributed by atoms with van der Waals surface area (Å²) in [5, 5.41) is 5.20. The lowest BCUT2D eigenvalue weighted by Gasteiger charge is -2.21. The first-order chi connectivity index (χ1) is 11.5. The lowest BCUT2D eigenvalue weighted by Crippen LogP contribution is -2.35. The molecule has 1 N–H and O–H groups in total. The highest BCUT2D eigenvalue weighted by molar-refractivity contribution is 9.10. The van der Waals surface area contributed by atoms with Crippen LogP contribution in [-0.4, -0.2) is 35.5 Å². The minimum atomic E-state index is -0.474. The number of anilines is 1. The zero-order valence-electron chi connectivity index (χ0n) is 13.4. The van der Waals surface area contributed by atoms with Crippen LogP contribution in [0.4, 0.5) is 10.5 Å². The number of thiazole rings is 1. The predicted molar refractivity (Wildman–Crippen MR) is 97.3 cm³/mol. The van der Waals surface area contributed by atoms with Crippen molar-refractivity contribution in [2.75, 3.05) is 19.0 Å². The van der Waals surface area contributed by atoms with Crippen LogP contribution in [0.25, 0.3) is 0 Å². The van der Waals surface area contributed by atoms with E-state index in [9.17, 15) is 9.59 Å². The third-order valence-electron chi connectivity index (χ3n) is 3.13. The molecule has 0 aliphatic rings. The largest absolute Gasteiger partial charge is 0.464 e. The van der Waals surface area contributed by atoms with Crippen molar-refractivity contribution in [1.82, 2.24) is 9.88 Å². The van der Waals surface area contributed by atoms with Gasteiger partial charge < -0.3 is 15.0 Å². The first kappa shape index (κ1) is 18.4. The van der Waals surface area contributed by atoms with E-state index >= 15 is 0 Å². The number of rotatable bonds is 6. The van der Waals surface area contributed by atoms with Crippen molar-refractivity contribution < 1.29 is 14.3 Å². The smallest absolute Gasteiger partial charge is 0.357 e. The minimum absolute atomic E-state index is 0.204. The van der Waals surface area contributed by atoms with Crippen LogP contribution in [0.3, 0.4) is 0 Å². The van der Waals surface area contributed by atoms with E-state index in [0.29, 0.717) is 23.8 Å². The number of ether oxygens (including phenoxy) is 1. The Morgan fingerprint density at radius 2 is 2.21 bits per heavy atom. The quantitative estimate of drug-likeness (QED) is 0.724. The molecule has 0 aliphatic carbocycles. The molecule has 0 saturated carbocycles. The molecule has 1 aromatic heterocycles. The fourth-order valence-electron chi connectivity index (χ4n) is 2.04. The number of urea groups is 1. The highest BCUT2D eigenvalue weighted by Crippen LogP contribution is 2.18. The minimum Gasteiger partial charge on any atom is -0.464 e. The third-order valence-corrected chi connectivity index (χ3v) is 4.46. The van der Waals surface area contributed by atoms with E-state index in [4.69, 9.17) is 0 Å². The van der Waals surface area contributed by atoms with Gasteiger partial charge in [0.1, 0.15) is 5.01 Å². The number of nitrogens with zero attached hydrogens (tertiary/aromatic N) is 2. The van der Waals surface area contributed by atoms with Crippen LogP contribution < -0.4 is 5.32 Å². The monoisotopic (exact) mass is 411 g/mol. The number of esters is 1. The van der Waals surface area contributed by atoms with Crippen molar-refractivity contribution in [3.05, 3.63) is 44.8 Å². The van der Waals surface area contributed by atoms with Crippen LogP contribution in [-0.2, 0) is 11.3 Å². The molecule has 1 aromatic carbocycles. The topological polar surface area (TPSA) is 71.5 Å². The Bertz CT molecular complexity index is 720. The predicted octanol–water partition coefficient (Wildman–Crippen LogP) is 4.14. The molecular formula is C16H18BrN3O3S. The maximum atomic E-state index is 12.5. The molecule has 6 nitrogen and oxygen atoms in total. The summed E-state index contributed by atoms with van der Waals surface area (Å²) in [6, 6.07) is 7.20. The Hall–Kier alpha value is -1.93. The number of hydrogen-bond acceptors (Lipinski definition) is 5. The number of nitrogens with one attached hydrogen (secondary N) is 1. The number of halogens is 1. The Morgan fingerprint density at radius 3 is 2.88 bits per heavy atom. The van der Waals surface area contributed by atoms with Gasteiger partial charge in [-0.2, -0.15) is 0 Å². The number of carbonyl (C=O) groups excluding carboxylic acids is 2. The summed E-state index contributed by atoms with van der Waals surface area (Å²) < 4.78 is 5.54. The second-order valence-corrected chi connectivity index (χ2v) is 6.84. The fourth-order valence-corrected chi connectivity index (χ4v) is 3.21. The average Bonchev–Trinajstić information content (AvgIpc) is 3.02. The van der Waals surface area contributed by atoms with Gasteiger partial charge in [-0.15, -0.1) is 11.3 Å². The van der Waals surface area contributed by atoms with Gasteiger partial charge in [0.2, 0.25) is 0 Å². The van der Waals surface area contributed by atoms with Crippen LogP contribution in [0.5, 0.6) is 0 Å². The van der Waals surface area contributed by atoms with Gasteiger partial charge in [0.05, 0.1) is 13.7 Å². The lowest BCUT2D eigenvalue weighted by molar-refractivity contribution is 0.0594. The van der Waals surface area contributed by atoms with Gasteiger partial charge in [0, 0.05) is 22.1 Å². The summed E-state index contributed by atoms with van der Waals surface area (Å²) in [5.41, 5.74) is 0.978. The molecule has 2 rings (SSSR count). The number of hydrogen-bond donors (Lipinski definition) is 1. The van der Waals surface area contributed by atoms with Crippen molar-refractivity contribution in [2.24, 2.45) is 0 Å². The number of benzene rings is 1. The van der Waals surface area contributed by atoms with E-state index in [1.807, 2.05) is 31.2 Å². The molecule has 0 unspecified atom stereocenters. The number of carbonyl (C=O) groups is 2. The van der Waals surface area contributed by atoms with Gasteiger partial charge in [-0.1, -0.05) is 28.9 Å². The second kappa shape index (κ2) is 8.79. The van der Waals surface area contributed by atoms with Crippen molar-refractivity contribution in [2.45, 2.75) is 19.9 Å². The number of aromatic nitrogens is 1. The zero-order chi connectivity index (χ0) is 17.5. The summed E-state index contributed by atoms with van der Waals surface area (Å²) >= 11 is 4.71. The molecule has 0 fully saturated rings. The Kier molecular flexibility index (Phi) is 6.74. The van der Waals surface area contributed by atoms with E-state index < -0.39 is 5.97 Å². The Labute approximate surface area is 153 Å². The van der Waals surface area contributed by atoms with E-state index in [0.717, 1.165) is 10.9 Å². The van der Waals surface area contributed by atoms with Gasteiger partial charge in [-0.25, -0.2) is 14.6 Å². The van der Waals surface area contributed by atoms with Crippen molar-refractivity contribution >= 4 is 45.0 Å². The molecule has 1 heterocycles. The zero-order valence-corrected chi connectivity index (χ0v) is 15.8. The Morgan fingerprint density at radius 1 is 1.42 bits per heavy atom. The molecule has 24 heavy (non-hydrogen) atoms. The van der Waals surface area contributed by atoms with Crippen molar-refractivity contribution in [3.8, 4) is 0 Å². The highest BCUT2D eigenvalue weighted by atomic mass is 79.9. The SMILES string of the molecule is CCCN(Cc1nc(C(=O)OC)cs1)C(=O)Nc1cccc(Br)c1. The van der Waals surface area contributed by atoms with Gasteiger partial charge in [-0.3, -0.25) is 0 Å².